The van der Waals surface area contributed by atoms with E-state index in [1.54, 1.807) is 41.7 Å². The normalized spacial score (nSPS) is 20.5. The fourth-order valence-corrected chi connectivity index (χ4v) is 9.91. The third kappa shape index (κ3) is 11.5. The van der Waals surface area contributed by atoms with Crippen LogP contribution in [0.5, 0.6) is 5.75 Å². The van der Waals surface area contributed by atoms with E-state index in [9.17, 15) is 24.0 Å². The van der Waals surface area contributed by atoms with Crippen LogP contribution in [0.2, 0.25) is 0 Å². The zero-order chi connectivity index (χ0) is 44.3. The van der Waals surface area contributed by atoms with E-state index in [1.807, 2.05) is 41.3 Å². The minimum atomic E-state index is -0.634. The molecule has 7 heterocycles. The van der Waals surface area contributed by atoms with Crippen LogP contribution in [0.4, 0.5) is 5.82 Å². The highest BCUT2D eigenvalue weighted by atomic mass is 16.5. The molecule has 5 aliphatic rings. The molecule has 340 valence electrons. The first-order valence-electron chi connectivity index (χ1n) is 23.5. The van der Waals surface area contributed by atoms with E-state index in [1.165, 1.54) is 0 Å². The number of likely N-dealkylation sites (tertiary alicyclic amines) is 1. The second kappa shape index (κ2) is 21.8. The van der Waals surface area contributed by atoms with Crippen molar-refractivity contribution in [1.29, 1.82) is 0 Å². The van der Waals surface area contributed by atoms with E-state index >= 15 is 0 Å². The Morgan fingerprint density at radius 1 is 0.844 bits per heavy atom. The second-order valence-electron chi connectivity index (χ2n) is 17.9. The van der Waals surface area contributed by atoms with Crippen LogP contribution in [0, 0.1) is 5.92 Å². The number of fused-ring (bicyclic) bond motifs is 1. The summed E-state index contributed by atoms with van der Waals surface area (Å²) < 4.78 is 6.18. The lowest BCUT2D eigenvalue weighted by molar-refractivity contribution is -0.137. The van der Waals surface area contributed by atoms with Gasteiger partial charge in [0.05, 0.1) is 18.7 Å². The molecule has 5 aliphatic heterocycles. The summed E-state index contributed by atoms with van der Waals surface area (Å²) in [6, 6.07) is 13.2. The summed E-state index contributed by atoms with van der Waals surface area (Å²) in [6.07, 6.45) is 18.4. The van der Waals surface area contributed by atoms with Crippen molar-refractivity contribution < 1.29 is 28.7 Å². The van der Waals surface area contributed by atoms with Gasteiger partial charge in [0.1, 0.15) is 17.6 Å². The van der Waals surface area contributed by atoms with Gasteiger partial charge in [-0.1, -0.05) is 25.0 Å². The Bertz CT molecular complexity index is 2110. The Morgan fingerprint density at radius 3 is 2.42 bits per heavy atom. The van der Waals surface area contributed by atoms with Gasteiger partial charge in [-0.15, -0.1) is 0 Å². The van der Waals surface area contributed by atoms with Gasteiger partial charge in [0.25, 0.3) is 11.8 Å². The molecule has 15 heteroatoms. The molecule has 0 spiro atoms. The molecule has 1 atom stereocenters. The number of hydrogen-bond acceptors (Lipinski definition) is 11. The number of amides is 5. The van der Waals surface area contributed by atoms with Crippen LogP contribution >= 0.6 is 0 Å². The van der Waals surface area contributed by atoms with Crippen molar-refractivity contribution >= 4 is 41.4 Å². The van der Waals surface area contributed by atoms with Gasteiger partial charge in [-0.2, -0.15) is 0 Å². The lowest BCUT2D eigenvalue weighted by Crippen LogP contribution is -2.53. The van der Waals surface area contributed by atoms with Crippen molar-refractivity contribution in [1.82, 2.24) is 40.2 Å². The van der Waals surface area contributed by atoms with Gasteiger partial charge < -0.3 is 29.7 Å². The first-order valence-corrected chi connectivity index (χ1v) is 23.5. The number of piperidine rings is 3. The van der Waals surface area contributed by atoms with Gasteiger partial charge in [-0.3, -0.25) is 39.2 Å². The maximum absolute atomic E-state index is 13.4. The summed E-state index contributed by atoms with van der Waals surface area (Å²) in [5.74, 6) is 1.36. The number of nitrogens with one attached hydrogen (secondary N) is 2. The standard InChI is InChI=1S/C49H63N9O6/c59-45(15-11-37-8-6-21-50-33-37)51-22-2-1-7-36-17-24-57(25-18-36)48(62)38-12-14-44(52-34-38)56-26-19-39(20-27-56)55-30-28-54(29-31-55)23-3-4-32-64-43-10-5-9-40-41(43)35-58(49(40)63)42-13-16-46(60)53-47(42)61/h5-6,8-12,14-15,21,33-34,36,39,42H,1-4,7,13,16-20,22-32,35H2,(H,51,59)(H,53,60,61)/b15-11+. The lowest BCUT2D eigenvalue weighted by atomic mass is 9.91. The average Bonchev–Trinajstić information content (AvgIpc) is 3.67. The maximum atomic E-state index is 13.4. The van der Waals surface area contributed by atoms with E-state index in [-0.39, 0.29) is 30.0 Å². The van der Waals surface area contributed by atoms with Gasteiger partial charge in [-0.25, -0.2) is 4.98 Å². The molecule has 1 aromatic carbocycles. The number of hydrogen-bond donors (Lipinski definition) is 2. The summed E-state index contributed by atoms with van der Waals surface area (Å²) in [7, 11) is 0. The number of imide groups is 1. The van der Waals surface area contributed by atoms with Gasteiger partial charge in [0.15, 0.2) is 0 Å². The quantitative estimate of drug-likeness (QED) is 0.111. The van der Waals surface area contributed by atoms with Crippen LogP contribution in [0.1, 0.15) is 102 Å². The lowest BCUT2D eigenvalue weighted by Gasteiger charge is -2.43. The molecule has 1 unspecified atom stereocenters. The highest BCUT2D eigenvalue weighted by Gasteiger charge is 2.40. The van der Waals surface area contributed by atoms with Gasteiger partial charge in [0.2, 0.25) is 17.7 Å². The molecule has 0 aliphatic carbocycles. The van der Waals surface area contributed by atoms with Crippen molar-refractivity contribution in [3.63, 3.8) is 0 Å². The number of ether oxygens (including phenoxy) is 1. The largest absolute Gasteiger partial charge is 0.493 e. The molecule has 4 saturated heterocycles. The van der Waals surface area contributed by atoms with Gasteiger partial charge in [0, 0.05) is 107 Å². The molecule has 2 N–H and O–H groups in total. The molecule has 5 amide bonds. The Labute approximate surface area is 376 Å². The SMILES string of the molecule is O=C(/C=C/c1cccnc1)NCCCCC1CCN(C(=O)c2ccc(N3CCC(N4CCN(CCCCOc5cccc6c5CN(C5CCC(=O)NC5=O)C6=O)CC4)CC3)nc2)CC1. The van der Waals surface area contributed by atoms with Crippen LogP contribution in [0.3, 0.4) is 0 Å². The molecule has 3 aromatic rings. The predicted molar refractivity (Wildman–Crippen MR) is 243 cm³/mol. The Hall–Kier alpha value is -5.67. The van der Waals surface area contributed by atoms with Crippen LogP contribution in [-0.2, 0) is 20.9 Å². The number of aromatic nitrogens is 2. The van der Waals surface area contributed by atoms with Crippen molar-refractivity contribution in [2.24, 2.45) is 5.92 Å². The van der Waals surface area contributed by atoms with Crippen molar-refractivity contribution in [2.75, 3.05) is 77.0 Å². The summed E-state index contributed by atoms with van der Waals surface area (Å²) in [4.78, 5) is 82.6. The van der Waals surface area contributed by atoms with E-state index in [4.69, 9.17) is 9.72 Å². The molecule has 0 bridgehead atoms. The van der Waals surface area contributed by atoms with Crippen LogP contribution in [-0.4, -0.2) is 143 Å². The van der Waals surface area contributed by atoms with Crippen LogP contribution in [0.15, 0.2) is 67.1 Å². The van der Waals surface area contributed by atoms with E-state index in [0.29, 0.717) is 55.0 Å². The number of rotatable bonds is 17. The van der Waals surface area contributed by atoms with E-state index < -0.39 is 11.9 Å². The average molecular weight is 874 g/mol. The molecular formula is C49H63N9O6. The zero-order valence-corrected chi connectivity index (χ0v) is 37.0. The Kier molecular flexibility index (Phi) is 15.3. The first kappa shape index (κ1) is 44.9. The highest BCUT2D eigenvalue weighted by Crippen LogP contribution is 2.34. The first-order chi connectivity index (χ1) is 31.3. The minimum absolute atomic E-state index is 0.0705. The van der Waals surface area contributed by atoms with E-state index in [0.717, 1.165) is 134 Å². The van der Waals surface area contributed by atoms with Crippen molar-refractivity contribution in [3.8, 4) is 5.75 Å². The predicted octanol–water partition coefficient (Wildman–Crippen LogP) is 4.54. The zero-order valence-electron chi connectivity index (χ0n) is 37.0. The van der Waals surface area contributed by atoms with Crippen molar-refractivity contribution in [3.05, 3.63) is 89.4 Å². The van der Waals surface area contributed by atoms with Gasteiger partial charge in [-0.05, 0) is 106 Å². The maximum Gasteiger partial charge on any atom is 0.255 e. The fourth-order valence-electron chi connectivity index (χ4n) is 9.91. The third-order valence-electron chi connectivity index (χ3n) is 13.7. The summed E-state index contributed by atoms with van der Waals surface area (Å²) >= 11 is 0. The molecule has 4 fully saturated rings. The number of anilines is 1. The summed E-state index contributed by atoms with van der Waals surface area (Å²) in [6.45, 7) is 10.3. The van der Waals surface area contributed by atoms with Gasteiger partial charge >= 0.3 is 0 Å². The molecule has 15 nitrogen and oxygen atoms in total. The number of piperazine rings is 1. The second-order valence-corrected chi connectivity index (χ2v) is 17.9. The fraction of sp³-hybridized carbons (Fsp3) is 0.531. The monoisotopic (exact) mass is 873 g/mol. The number of nitrogens with zero attached hydrogens (tertiary/aromatic N) is 7. The van der Waals surface area contributed by atoms with Crippen molar-refractivity contribution in [2.45, 2.75) is 89.3 Å². The minimum Gasteiger partial charge on any atom is -0.493 e. The third-order valence-corrected chi connectivity index (χ3v) is 13.7. The summed E-state index contributed by atoms with van der Waals surface area (Å²) in [5.41, 5.74) is 2.95. The molecular weight excluding hydrogens is 811 g/mol. The molecule has 0 saturated carbocycles. The topological polar surface area (TPSA) is 161 Å². The number of pyridine rings is 2. The summed E-state index contributed by atoms with van der Waals surface area (Å²) in [5, 5.41) is 5.33. The smallest absolute Gasteiger partial charge is 0.255 e. The van der Waals surface area contributed by atoms with Crippen LogP contribution < -0.4 is 20.3 Å². The number of carbonyl (C=O) groups excluding carboxylic acids is 5. The number of carbonyl (C=O) groups is 5. The molecule has 0 radical (unpaired) electrons. The number of benzene rings is 1. The molecule has 8 rings (SSSR count). The van der Waals surface area contributed by atoms with E-state index in [2.05, 4.69) is 30.3 Å². The Balaban J connectivity index is 0.670. The molecule has 2 aromatic heterocycles. The molecule has 64 heavy (non-hydrogen) atoms. The number of unbranched alkanes of at least 4 members (excludes halogenated alkanes) is 2. The Morgan fingerprint density at radius 2 is 1.67 bits per heavy atom. The highest BCUT2D eigenvalue weighted by molar-refractivity contribution is 6.05. The van der Waals surface area contributed by atoms with Crippen LogP contribution in [0.25, 0.3) is 6.08 Å².